The Bertz CT molecular complexity index is 675. The molecule has 0 saturated carbocycles. The number of benzene rings is 1. The highest BCUT2D eigenvalue weighted by Gasteiger charge is 2.08. The van der Waals surface area contributed by atoms with Crippen LogP contribution >= 0.6 is 11.6 Å². The summed E-state index contributed by atoms with van der Waals surface area (Å²) in [6, 6.07) is 5.86. The smallest absolute Gasteiger partial charge is 0.119 e. The lowest BCUT2D eigenvalue weighted by Gasteiger charge is -1.99. The third-order valence-electron chi connectivity index (χ3n) is 2.67. The van der Waals surface area contributed by atoms with Crippen LogP contribution in [0.3, 0.4) is 0 Å². The molecule has 2 aromatic heterocycles. The average Bonchev–Trinajstić information content (AvgIpc) is 2.67. The molecule has 0 aliphatic carbocycles. The van der Waals surface area contributed by atoms with Crippen molar-refractivity contribution in [3.05, 3.63) is 35.6 Å². The summed E-state index contributed by atoms with van der Waals surface area (Å²) in [4.78, 5) is 7.32. The molecule has 0 atom stereocenters. The predicted octanol–water partition coefficient (Wildman–Crippen LogP) is 3.38. The van der Waals surface area contributed by atoms with Gasteiger partial charge in [-0.15, -0.1) is 0 Å². The summed E-state index contributed by atoms with van der Waals surface area (Å²) < 4.78 is 5.21. The minimum atomic E-state index is 0.650. The molecule has 1 aromatic carbocycles. The Kier molecular flexibility index (Phi) is 2.01. The summed E-state index contributed by atoms with van der Waals surface area (Å²) in [5, 5.41) is 2.70. The molecule has 80 valence electrons. The summed E-state index contributed by atoms with van der Waals surface area (Å²) >= 11 is 6.15. The number of nitrogens with one attached hydrogen (secondary N) is 1. The van der Waals surface area contributed by atoms with Crippen LogP contribution in [0.15, 0.2) is 30.6 Å². The molecule has 16 heavy (non-hydrogen) atoms. The van der Waals surface area contributed by atoms with Crippen molar-refractivity contribution < 1.29 is 4.74 Å². The quantitative estimate of drug-likeness (QED) is 0.699. The molecular formula is C12H9ClN2O. The minimum Gasteiger partial charge on any atom is -0.497 e. The van der Waals surface area contributed by atoms with Crippen LogP contribution in [0, 0.1) is 0 Å². The molecule has 3 aromatic rings. The number of hydrogen-bond acceptors (Lipinski definition) is 2. The molecule has 0 fully saturated rings. The lowest BCUT2D eigenvalue weighted by Crippen LogP contribution is -1.80. The van der Waals surface area contributed by atoms with Crippen LogP contribution in [-0.4, -0.2) is 17.1 Å². The van der Waals surface area contributed by atoms with Gasteiger partial charge in [-0.05, 0) is 18.2 Å². The number of hydrogen-bond donors (Lipinski definition) is 1. The summed E-state index contributed by atoms with van der Waals surface area (Å²) in [5.74, 6) is 0.821. The van der Waals surface area contributed by atoms with Crippen LogP contribution in [-0.2, 0) is 0 Å². The van der Waals surface area contributed by atoms with Crippen LogP contribution in [0.2, 0.25) is 5.02 Å². The van der Waals surface area contributed by atoms with Crippen molar-refractivity contribution in [2.24, 2.45) is 0 Å². The first-order chi connectivity index (χ1) is 7.79. The maximum absolute atomic E-state index is 6.15. The van der Waals surface area contributed by atoms with E-state index in [1.807, 2.05) is 18.2 Å². The number of fused-ring (bicyclic) bond motifs is 3. The van der Waals surface area contributed by atoms with Crippen LogP contribution in [0.4, 0.5) is 0 Å². The van der Waals surface area contributed by atoms with E-state index < -0.39 is 0 Å². The van der Waals surface area contributed by atoms with Gasteiger partial charge in [0.2, 0.25) is 0 Å². The Hall–Kier alpha value is -1.74. The highest BCUT2D eigenvalue weighted by molar-refractivity contribution is 6.37. The first-order valence-electron chi connectivity index (χ1n) is 4.88. The SMILES string of the molecule is COc1ccc2[nH]c3cncc(Cl)c3c2c1. The summed E-state index contributed by atoms with van der Waals surface area (Å²) in [5.41, 5.74) is 1.97. The van der Waals surface area contributed by atoms with E-state index in [0.717, 1.165) is 27.6 Å². The highest BCUT2D eigenvalue weighted by Crippen LogP contribution is 2.32. The number of methoxy groups -OCH3 is 1. The fourth-order valence-corrected chi connectivity index (χ4v) is 2.17. The molecule has 3 rings (SSSR count). The molecule has 1 N–H and O–H groups in total. The topological polar surface area (TPSA) is 37.9 Å². The highest BCUT2D eigenvalue weighted by atomic mass is 35.5. The monoisotopic (exact) mass is 232 g/mol. The molecule has 0 aliphatic rings. The normalized spacial score (nSPS) is 11.1. The number of H-pyrrole nitrogens is 1. The number of halogens is 1. The molecule has 0 spiro atoms. The lowest BCUT2D eigenvalue weighted by atomic mass is 10.2. The predicted molar refractivity (Wildman–Crippen MR) is 65.2 cm³/mol. The van der Waals surface area contributed by atoms with Gasteiger partial charge >= 0.3 is 0 Å². The molecule has 0 saturated heterocycles. The zero-order valence-electron chi connectivity index (χ0n) is 8.62. The molecule has 0 bridgehead atoms. The van der Waals surface area contributed by atoms with Crippen LogP contribution in [0.1, 0.15) is 0 Å². The van der Waals surface area contributed by atoms with E-state index in [9.17, 15) is 0 Å². The molecule has 4 heteroatoms. The van der Waals surface area contributed by atoms with Gasteiger partial charge in [0, 0.05) is 22.5 Å². The van der Waals surface area contributed by atoms with E-state index in [4.69, 9.17) is 16.3 Å². The van der Waals surface area contributed by atoms with Crippen molar-refractivity contribution in [2.45, 2.75) is 0 Å². The largest absolute Gasteiger partial charge is 0.497 e. The number of pyridine rings is 1. The lowest BCUT2D eigenvalue weighted by molar-refractivity contribution is 0.415. The molecule has 0 amide bonds. The van der Waals surface area contributed by atoms with E-state index >= 15 is 0 Å². The fourth-order valence-electron chi connectivity index (χ4n) is 1.91. The summed E-state index contributed by atoms with van der Waals surface area (Å²) in [6.45, 7) is 0. The summed E-state index contributed by atoms with van der Waals surface area (Å²) in [6.07, 6.45) is 3.42. The number of nitrogens with zero attached hydrogens (tertiary/aromatic N) is 1. The second kappa shape index (κ2) is 3.39. The number of rotatable bonds is 1. The van der Waals surface area contributed by atoms with Gasteiger partial charge in [0.1, 0.15) is 5.75 Å². The molecular weight excluding hydrogens is 224 g/mol. The molecule has 0 aliphatic heterocycles. The van der Waals surface area contributed by atoms with E-state index in [0.29, 0.717) is 5.02 Å². The van der Waals surface area contributed by atoms with Gasteiger partial charge in [0.25, 0.3) is 0 Å². The van der Waals surface area contributed by atoms with E-state index in [1.54, 1.807) is 19.5 Å². The number of ether oxygens (including phenoxy) is 1. The first kappa shape index (κ1) is 9.48. The minimum absolute atomic E-state index is 0.650. The molecule has 0 unspecified atom stereocenters. The van der Waals surface area contributed by atoms with Crippen molar-refractivity contribution in [2.75, 3.05) is 7.11 Å². The van der Waals surface area contributed by atoms with Crippen molar-refractivity contribution in [3.63, 3.8) is 0 Å². The van der Waals surface area contributed by atoms with Gasteiger partial charge in [-0.2, -0.15) is 0 Å². The second-order valence-corrected chi connectivity index (χ2v) is 3.99. The van der Waals surface area contributed by atoms with Crippen molar-refractivity contribution in [3.8, 4) is 5.75 Å². The molecule has 3 nitrogen and oxygen atoms in total. The van der Waals surface area contributed by atoms with Crippen molar-refractivity contribution in [1.82, 2.24) is 9.97 Å². The number of aromatic nitrogens is 2. The third kappa shape index (κ3) is 1.25. The average molecular weight is 233 g/mol. The van der Waals surface area contributed by atoms with Crippen LogP contribution in [0.25, 0.3) is 21.8 Å². The van der Waals surface area contributed by atoms with Crippen LogP contribution in [0.5, 0.6) is 5.75 Å². The Morgan fingerprint density at radius 2 is 2.12 bits per heavy atom. The van der Waals surface area contributed by atoms with E-state index in [-0.39, 0.29) is 0 Å². The second-order valence-electron chi connectivity index (χ2n) is 3.58. The zero-order chi connectivity index (χ0) is 11.1. The van der Waals surface area contributed by atoms with Gasteiger partial charge in [0.05, 0.1) is 23.8 Å². The van der Waals surface area contributed by atoms with Gasteiger partial charge in [-0.1, -0.05) is 11.6 Å². The Labute approximate surface area is 97.0 Å². The summed E-state index contributed by atoms with van der Waals surface area (Å²) in [7, 11) is 1.65. The Morgan fingerprint density at radius 3 is 2.94 bits per heavy atom. The maximum Gasteiger partial charge on any atom is 0.119 e. The molecule has 0 radical (unpaired) electrons. The van der Waals surface area contributed by atoms with E-state index in [2.05, 4.69) is 9.97 Å². The van der Waals surface area contributed by atoms with E-state index in [1.165, 1.54) is 0 Å². The molecule has 2 heterocycles. The number of aromatic amines is 1. The van der Waals surface area contributed by atoms with Gasteiger partial charge in [-0.25, -0.2) is 0 Å². The van der Waals surface area contributed by atoms with Gasteiger partial charge < -0.3 is 9.72 Å². The van der Waals surface area contributed by atoms with Crippen molar-refractivity contribution >= 4 is 33.4 Å². The zero-order valence-corrected chi connectivity index (χ0v) is 9.38. The Balaban J connectivity index is 2.50. The third-order valence-corrected chi connectivity index (χ3v) is 2.95. The first-order valence-corrected chi connectivity index (χ1v) is 5.26. The maximum atomic E-state index is 6.15. The fraction of sp³-hybridized carbons (Fsp3) is 0.0833. The standard InChI is InChI=1S/C12H9ClN2O/c1-16-7-2-3-10-8(4-7)12-9(13)5-14-6-11(12)15-10/h2-6,15H,1H3. The van der Waals surface area contributed by atoms with Crippen molar-refractivity contribution in [1.29, 1.82) is 0 Å². The van der Waals surface area contributed by atoms with Gasteiger partial charge in [-0.3, -0.25) is 4.98 Å². The Morgan fingerprint density at radius 1 is 1.25 bits per heavy atom. The van der Waals surface area contributed by atoms with Crippen LogP contribution < -0.4 is 4.74 Å². The van der Waals surface area contributed by atoms with Gasteiger partial charge in [0.15, 0.2) is 0 Å².